The first-order chi connectivity index (χ1) is 8.78. The van der Waals surface area contributed by atoms with Crippen molar-refractivity contribution in [2.24, 2.45) is 5.92 Å². The number of hydrogen-bond donors (Lipinski definition) is 2. The van der Waals surface area contributed by atoms with Crippen LogP contribution in [0.4, 0.5) is 0 Å². The molecule has 18 heavy (non-hydrogen) atoms. The summed E-state index contributed by atoms with van der Waals surface area (Å²) in [5.74, 6) is 2.23. The van der Waals surface area contributed by atoms with Gasteiger partial charge in [0, 0.05) is 6.07 Å². The van der Waals surface area contributed by atoms with Gasteiger partial charge in [0.15, 0.2) is 5.65 Å². The van der Waals surface area contributed by atoms with E-state index < -0.39 is 0 Å². The average molecular weight is 246 g/mol. The normalized spacial score (nSPS) is 23.7. The largest absolute Gasteiger partial charge is 0.478 e. The lowest BCUT2D eigenvalue weighted by Gasteiger charge is -2.11. The molecule has 0 bridgehead atoms. The molecule has 0 spiro atoms. The summed E-state index contributed by atoms with van der Waals surface area (Å²) in [7, 11) is 0. The highest BCUT2D eigenvalue weighted by Crippen LogP contribution is 2.28. The van der Waals surface area contributed by atoms with E-state index in [-0.39, 0.29) is 0 Å². The van der Waals surface area contributed by atoms with Gasteiger partial charge in [0.25, 0.3) is 0 Å². The van der Waals surface area contributed by atoms with E-state index in [9.17, 15) is 0 Å². The van der Waals surface area contributed by atoms with Crippen molar-refractivity contribution in [1.82, 2.24) is 20.3 Å². The predicted octanol–water partition coefficient (Wildman–Crippen LogP) is 2.03. The molecule has 2 unspecified atom stereocenters. The Morgan fingerprint density at radius 1 is 1.39 bits per heavy atom. The van der Waals surface area contributed by atoms with Crippen molar-refractivity contribution >= 4 is 11.2 Å². The average Bonchev–Trinajstić information content (AvgIpc) is 2.94. The van der Waals surface area contributed by atoms with E-state index in [0.29, 0.717) is 24.4 Å². The Morgan fingerprint density at radius 3 is 3.00 bits per heavy atom. The lowest BCUT2D eigenvalue weighted by molar-refractivity contribution is 0.328. The Hall–Kier alpha value is -1.62. The third kappa shape index (κ3) is 1.95. The molecule has 1 aliphatic rings. The van der Waals surface area contributed by atoms with Crippen LogP contribution in [0.25, 0.3) is 11.2 Å². The number of H-pyrrole nitrogens is 1. The minimum Gasteiger partial charge on any atom is -0.478 e. The lowest BCUT2D eigenvalue weighted by atomic mass is 10.0. The molecule has 3 rings (SSSR count). The summed E-state index contributed by atoms with van der Waals surface area (Å²) in [6, 6.07) is 4.16. The molecule has 0 aromatic carbocycles. The van der Waals surface area contributed by atoms with Crippen molar-refractivity contribution in [3.8, 4) is 5.88 Å². The molecule has 96 valence electrons. The number of rotatable bonds is 3. The molecule has 1 aliphatic heterocycles. The minimum atomic E-state index is 0.315. The van der Waals surface area contributed by atoms with Gasteiger partial charge in [-0.15, -0.1) is 0 Å². The number of nitrogens with one attached hydrogen (secondary N) is 2. The zero-order valence-corrected chi connectivity index (χ0v) is 10.7. The molecule has 2 N–H and O–H groups in total. The minimum absolute atomic E-state index is 0.315. The third-order valence-corrected chi connectivity index (χ3v) is 3.46. The SMILES string of the molecule is CCOc1ccc2[nH]c(C3NCCC3C)nc2n1. The number of hydrogen-bond acceptors (Lipinski definition) is 4. The molecule has 1 saturated heterocycles. The van der Waals surface area contributed by atoms with Crippen LogP contribution in [0.5, 0.6) is 5.88 Å². The van der Waals surface area contributed by atoms with Crippen LogP contribution in [-0.2, 0) is 0 Å². The zero-order valence-electron chi connectivity index (χ0n) is 10.7. The second kappa shape index (κ2) is 4.57. The van der Waals surface area contributed by atoms with E-state index >= 15 is 0 Å². The van der Waals surface area contributed by atoms with Gasteiger partial charge in [-0.1, -0.05) is 6.92 Å². The number of pyridine rings is 1. The standard InChI is InChI=1S/C13H18N4O/c1-3-18-10-5-4-9-12(16-10)17-13(15-9)11-8(2)6-7-14-11/h4-5,8,11,14H,3,6-7H2,1-2H3,(H,15,16,17). The van der Waals surface area contributed by atoms with Crippen molar-refractivity contribution in [3.05, 3.63) is 18.0 Å². The monoisotopic (exact) mass is 246 g/mol. The van der Waals surface area contributed by atoms with E-state index in [2.05, 4.69) is 27.2 Å². The molecule has 3 heterocycles. The van der Waals surface area contributed by atoms with Crippen LogP contribution < -0.4 is 10.1 Å². The van der Waals surface area contributed by atoms with E-state index in [4.69, 9.17) is 4.74 Å². The van der Waals surface area contributed by atoms with Crippen LogP contribution in [-0.4, -0.2) is 28.1 Å². The van der Waals surface area contributed by atoms with E-state index in [1.54, 1.807) is 0 Å². The molecule has 2 aromatic rings. The number of aromatic amines is 1. The van der Waals surface area contributed by atoms with Gasteiger partial charge in [0.05, 0.1) is 18.2 Å². The van der Waals surface area contributed by atoms with Crippen LogP contribution in [0.15, 0.2) is 12.1 Å². The Kier molecular flexibility index (Phi) is 2.91. The van der Waals surface area contributed by atoms with Crippen molar-refractivity contribution in [2.75, 3.05) is 13.2 Å². The molecule has 0 aliphatic carbocycles. The van der Waals surface area contributed by atoms with Crippen molar-refractivity contribution in [3.63, 3.8) is 0 Å². The van der Waals surface area contributed by atoms with Crippen LogP contribution >= 0.6 is 0 Å². The molecule has 2 atom stereocenters. The summed E-state index contributed by atoms with van der Waals surface area (Å²) in [6.45, 7) is 5.88. The van der Waals surface area contributed by atoms with Gasteiger partial charge in [-0.05, 0) is 31.9 Å². The topological polar surface area (TPSA) is 62.8 Å². The maximum atomic E-state index is 5.39. The van der Waals surface area contributed by atoms with E-state index in [1.165, 1.54) is 6.42 Å². The van der Waals surface area contributed by atoms with Gasteiger partial charge in [-0.25, -0.2) is 4.98 Å². The second-order valence-electron chi connectivity index (χ2n) is 4.77. The fourth-order valence-electron chi connectivity index (χ4n) is 2.47. The summed E-state index contributed by atoms with van der Waals surface area (Å²) in [5, 5.41) is 3.47. The number of imidazole rings is 1. The Labute approximate surface area is 106 Å². The first-order valence-corrected chi connectivity index (χ1v) is 6.50. The summed E-state index contributed by atoms with van der Waals surface area (Å²) in [6.07, 6.45) is 1.19. The highest BCUT2D eigenvalue weighted by Gasteiger charge is 2.27. The van der Waals surface area contributed by atoms with Crippen LogP contribution in [0.2, 0.25) is 0 Å². The number of ether oxygens (including phenoxy) is 1. The lowest BCUT2D eigenvalue weighted by Crippen LogP contribution is -2.17. The van der Waals surface area contributed by atoms with Gasteiger partial charge in [-0.2, -0.15) is 4.98 Å². The summed E-state index contributed by atoms with van der Waals surface area (Å²) < 4.78 is 5.39. The number of aromatic nitrogens is 3. The Morgan fingerprint density at radius 2 is 2.28 bits per heavy atom. The molecular formula is C13H18N4O. The molecule has 5 nitrogen and oxygen atoms in total. The maximum absolute atomic E-state index is 5.39. The van der Waals surface area contributed by atoms with Crippen LogP contribution in [0.3, 0.4) is 0 Å². The highest BCUT2D eigenvalue weighted by atomic mass is 16.5. The first-order valence-electron chi connectivity index (χ1n) is 6.50. The molecule has 0 radical (unpaired) electrons. The summed E-state index contributed by atoms with van der Waals surface area (Å²) >= 11 is 0. The Bertz CT molecular complexity index is 551. The van der Waals surface area contributed by atoms with Crippen molar-refractivity contribution < 1.29 is 4.74 Å². The quantitative estimate of drug-likeness (QED) is 0.869. The molecule has 0 saturated carbocycles. The molecule has 5 heteroatoms. The van der Waals surface area contributed by atoms with Crippen LogP contribution in [0, 0.1) is 5.92 Å². The first kappa shape index (κ1) is 11.5. The molecule has 2 aromatic heterocycles. The third-order valence-electron chi connectivity index (χ3n) is 3.46. The summed E-state index contributed by atoms with van der Waals surface area (Å²) in [5.41, 5.74) is 1.70. The fraction of sp³-hybridized carbons (Fsp3) is 0.538. The van der Waals surface area contributed by atoms with Gasteiger partial charge in [-0.3, -0.25) is 0 Å². The predicted molar refractivity (Wildman–Crippen MR) is 69.6 cm³/mol. The fourth-order valence-corrected chi connectivity index (χ4v) is 2.47. The maximum Gasteiger partial charge on any atom is 0.215 e. The van der Waals surface area contributed by atoms with Crippen LogP contribution in [0.1, 0.15) is 32.1 Å². The van der Waals surface area contributed by atoms with E-state index in [0.717, 1.165) is 23.5 Å². The molecule has 1 fully saturated rings. The summed E-state index contributed by atoms with van der Waals surface area (Å²) in [4.78, 5) is 12.3. The van der Waals surface area contributed by atoms with Crippen molar-refractivity contribution in [2.45, 2.75) is 26.3 Å². The van der Waals surface area contributed by atoms with Crippen molar-refractivity contribution in [1.29, 1.82) is 0 Å². The molecule has 0 amide bonds. The highest BCUT2D eigenvalue weighted by molar-refractivity contribution is 5.71. The second-order valence-corrected chi connectivity index (χ2v) is 4.77. The van der Waals surface area contributed by atoms with Gasteiger partial charge in [0.1, 0.15) is 5.82 Å². The van der Waals surface area contributed by atoms with Gasteiger partial charge in [0.2, 0.25) is 5.88 Å². The van der Waals surface area contributed by atoms with Gasteiger partial charge < -0.3 is 15.0 Å². The number of nitrogens with zero attached hydrogens (tertiary/aromatic N) is 2. The van der Waals surface area contributed by atoms with Gasteiger partial charge >= 0.3 is 0 Å². The number of fused-ring (bicyclic) bond motifs is 1. The smallest absolute Gasteiger partial charge is 0.215 e. The van der Waals surface area contributed by atoms with E-state index in [1.807, 2.05) is 19.1 Å². The Balaban J connectivity index is 1.95. The molecular weight excluding hydrogens is 228 g/mol. The zero-order chi connectivity index (χ0) is 12.5.